The zero-order chi connectivity index (χ0) is 21.7. The molecule has 0 aliphatic carbocycles. The molecule has 1 saturated heterocycles. The summed E-state index contributed by atoms with van der Waals surface area (Å²) in [6.07, 6.45) is 2.29. The van der Waals surface area contributed by atoms with Gasteiger partial charge in [-0.1, -0.05) is 19.9 Å². The van der Waals surface area contributed by atoms with Crippen LogP contribution in [0.2, 0.25) is 0 Å². The van der Waals surface area contributed by atoms with Gasteiger partial charge in [-0.3, -0.25) is 9.52 Å². The molecule has 1 atom stereocenters. The predicted octanol–water partition coefficient (Wildman–Crippen LogP) is 2.54. The maximum Gasteiger partial charge on any atom is 0.232 e. The molecule has 1 fully saturated rings. The Morgan fingerprint density at radius 1 is 1.10 bits per heavy atom. The highest BCUT2D eigenvalue weighted by Gasteiger charge is 2.32. The van der Waals surface area contributed by atoms with Crippen LogP contribution in [-0.2, 0) is 24.8 Å². The number of carbonyl (C=O) groups excluding carboxylic acids is 1. The van der Waals surface area contributed by atoms with Gasteiger partial charge in [0.05, 0.1) is 23.1 Å². The smallest absolute Gasteiger partial charge is 0.232 e. The lowest BCUT2D eigenvalue weighted by Gasteiger charge is -2.31. The van der Waals surface area contributed by atoms with E-state index in [2.05, 4.69) is 10.0 Å². The van der Waals surface area contributed by atoms with E-state index in [1.54, 1.807) is 32.0 Å². The van der Waals surface area contributed by atoms with Crippen LogP contribution >= 0.6 is 0 Å². The summed E-state index contributed by atoms with van der Waals surface area (Å²) in [5.41, 5.74) is 1.55. The van der Waals surface area contributed by atoms with Gasteiger partial charge in [-0.15, -0.1) is 0 Å². The molecule has 0 radical (unpaired) electrons. The van der Waals surface area contributed by atoms with Crippen molar-refractivity contribution < 1.29 is 21.6 Å². The van der Waals surface area contributed by atoms with Gasteiger partial charge in [0, 0.05) is 18.8 Å². The second-order valence-electron chi connectivity index (χ2n) is 7.40. The second-order valence-corrected chi connectivity index (χ2v) is 11.3. The van der Waals surface area contributed by atoms with Crippen LogP contribution in [0.4, 0.5) is 11.4 Å². The van der Waals surface area contributed by atoms with Crippen LogP contribution in [-0.4, -0.2) is 51.6 Å². The predicted molar refractivity (Wildman–Crippen MR) is 116 cm³/mol. The summed E-state index contributed by atoms with van der Waals surface area (Å²) in [4.78, 5) is 12.8. The molecule has 8 nitrogen and oxygen atoms in total. The number of anilines is 2. The molecule has 1 aromatic rings. The number of amides is 1. The van der Waals surface area contributed by atoms with E-state index in [4.69, 9.17) is 0 Å². The molecule has 0 bridgehead atoms. The zero-order valence-electron chi connectivity index (χ0n) is 17.3. The number of hydrogen-bond donors (Lipinski definition) is 2. The third-order valence-electron chi connectivity index (χ3n) is 4.94. The minimum Gasteiger partial charge on any atom is -0.325 e. The maximum absolute atomic E-state index is 12.8. The molecular weight excluding hydrogens is 414 g/mol. The van der Waals surface area contributed by atoms with Crippen LogP contribution < -0.4 is 10.0 Å². The Bertz CT molecular complexity index is 929. The summed E-state index contributed by atoms with van der Waals surface area (Å²) in [6, 6.07) is 5.03. The minimum atomic E-state index is -3.44. The Morgan fingerprint density at radius 3 is 2.41 bits per heavy atom. The molecule has 0 spiro atoms. The Balaban J connectivity index is 2.11. The number of carbonyl (C=O) groups is 1. The zero-order valence-corrected chi connectivity index (χ0v) is 18.9. The van der Waals surface area contributed by atoms with Gasteiger partial charge in [-0.05, 0) is 50.3 Å². The molecule has 10 heteroatoms. The standard InChI is InChI=1S/C19H31N3O5S2/c1-4-12-28(24,25)21-18-10-6-9-17(15(18)3)20-19(23)16-8-7-11-22(14-16)29(26,27)13-5-2/h6,9-10,16,21H,4-5,7-8,11-14H2,1-3H3,(H,20,23). The fourth-order valence-electron chi connectivity index (χ4n) is 3.40. The van der Waals surface area contributed by atoms with Crippen LogP contribution in [0.3, 0.4) is 0 Å². The molecule has 0 saturated carbocycles. The van der Waals surface area contributed by atoms with Gasteiger partial charge in [0.15, 0.2) is 0 Å². The number of rotatable bonds is 9. The summed E-state index contributed by atoms with van der Waals surface area (Å²) in [5.74, 6) is -0.582. The third kappa shape index (κ3) is 6.42. The van der Waals surface area contributed by atoms with E-state index in [0.29, 0.717) is 49.2 Å². The van der Waals surface area contributed by atoms with E-state index in [-0.39, 0.29) is 24.0 Å². The van der Waals surface area contributed by atoms with E-state index < -0.39 is 26.0 Å². The molecule has 29 heavy (non-hydrogen) atoms. The summed E-state index contributed by atoms with van der Waals surface area (Å²) in [5, 5.41) is 2.85. The largest absolute Gasteiger partial charge is 0.325 e. The SMILES string of the molecule is CCCS(=O)(=O)Nc1cccc(NC(=O)C2CCCN(S(=O)(=O)CCC)C2)c1C. The van der Waals surface area contributed by atoms with Gasteiger partial charge in [-0.25, -0.2) is 21.1 Å². The van der Waals surface area contributed by atoms with Crippen LogP contribution in [0.5, 0.6) is 0 Å². The normalized spacial score (nSPS) is 18.4. The van der Waals surface area contributed by atoms with E-state index >= 15 is 0 Å². The Hall–Kier alpha value is -1.65. The van der Waals surface area contributed by atoms with Gasteiger partial charge in [0.1, 0.15) is 0 Å². The molecule has 1 aliphatic rings. The first-order valence-corrected chi connectivity index (χ1v) is 13.2. The number of sulfonamides is 2. The van der Waals surface area contributed by atoms with Crippen molar-refractivity contribution in [3.8, 4) is 0 Å². The van der Waals surface area contributed by atoms with E-state index in [0.717, 1.165) is 0 Å². The second kappa shape index (κ2) is 9.90. The van der Waals surface area contributed by atoms with Gasteiger partial charge in [-0.2, -0.15) is 0 Å². The molecule has 2 rings (SSSR count). The Kier molecular flexibility index (Phi) is 8.07. The van der Waals surface area contributed by atoms with Crippen molar-refractivity contribution in [2.45, 2.75) is 46.5 Å². The van der Waals surface area contributed by atoms with E-state index in [9.17, 15) is 21.6 Å². The third-order valence-corrected chi connectivity index (χ3v) is 8.46. The molecule has 1 heterocycles. The molecule has 2 N–H and O–H groups in total. The fourth-order valence-corrected chi connectivity index (χ4v) is 6.18. The fraction of sp³-hybridized carbons (Fsp3) is 0.632. The summed E-state index contributed by atoms with van der Waals surface area (Å²) in [7, 11) is -6.77. The highest BCUT2D eigenvalue weighted by Crippen LogP contribution is 2.27. The summed E-state index contributed by atoms with van der Waals surface area (Å²) in [6.45, 7) is 5.96. The van der Waals surface area contributed by atoms with Crippen LogP contribution in [0.15, 0.2) is 18.2 Å². The topological polar surface area (TPSA) is 113 Å². The van der Waals surface area contributed by atoms with Gasteiger partial charge in [0.25, 0.3) is 0 Å². The van der Waals surface area contributed by atoms with Crippen LogP contribution in [0, 0.1) is 12.8 Å². The van der Waals surface area contributed by atoms with Crippen molar-refractivity contribution in [2.24, 2.45) is 5.92 Å². The monoisotopic (exact) mass is 445 g/mol. The first-order valence-electron chi connectivity index (χ1n) is 9.98. The lowest BCUT2D eigenvalue weighted by atomic mass is 9.98. The van der Waals surface area contributed by atoms with E-state index in [1.165, 1.54) is 4.31 Å². The Morgan fingerprint density at radius 2 is 1.76 bits per heavy atom. The highest BCUT2D eigenvalue weighted by atomic mass is 32.2. The number of nitrogens with zero attached hydrogens (tertiary/aromatic N) is 1. The number of nitrogens with one attached hydrogen (secondary N) is 2. The first-order chi connectivity index (χ1) is 13.6. The van der Waals surface area contributed by atoms with Gasteiger partial charge >= 0.3 is 0 Å². The molecule has 1 amide bonds. The average Bonchev–Trinajstić information content (AvgIpc) is 2.65. The first kappa shape index (κ1) is 23.6. The summed E-state index contributed by atoms with van der Waals surface area (Å²) < 4.78 is 52.7. The quantitative estimate of drug-likeness (QED) is 0.606. The molecule has 1 unspecified atom stereocenters. The van der Waals surface area contributed by atoms with Crippen molar-refractivity contribution >= 4 is 37.3 Å². The lowest BCUT2D eigenvalue weighted by molar-refractivity contribution is -0.120. The molecule has 0 aromatic heterocycles. The summed E-state index contributed by atoms with van der Waals surface area (Å²) >= 11 is 0. The molecule has 1 aromatic carbocycles. The molecular formula is C19H31N3O5S2. The highest BCUT2D eigenvalue weighted by molar-refractivity contribution is 7.92. The maximum atomic E-state index is 12.8. The van der Waals surface area contributed by atoms with Crippen LogP contribution in [0.1, 0.15) is 45.1 Å². The van der Waals surface area contributed by atoms with Crippen molar-refractivity contribution in [3.63, 3.8) is 0 Å². The van der Waals surface area contributed by atoms with Crippen molar-refractivity contribution in [1.82, 2.24) is 4.31 Å². The van der Waals surface area contributed by atoms with E-state index in [1.807, 2.05) is 6.92 Å². The van der Waals surface area contributed by atoms with Crippen molar-refractivity contribution in [2.75, 3.05) is 34.6 Å². The van der Waals surface area contributed by atoms with Gasteiger partial charge < -0.3 is 5.32 Å². The lowest BCUT2D eigenvalue weighted by Crippen LogP contribution is -2.44. The van der Waals surface area contributed by atoms with Crippen molar-refractivity contribution in [1.29, 1.82) is 0 Å². The number of piperidine rings is 1. The Labute approximate surface area is 174 Å². The minimum absolute atomic E-state index is 0.0210. The van der Waals surface area contributed by atoms with Gasteiger partial charge in [0.2, 0.25) is 26.0 Å². The average molecular weight is 446 g/mol. The molecule has 164 valence electrons. The number of benzene rings is 1. The number of hydrogen-bond acceptors (Lipinski definition) is 5. The molecule has 1 aliphatic heterocycles. The van der Waals surface area contributed by atoms with Crippen molar-refractivity contribution in [3.05, 3.63) is 23.8 Å². The van der Waals surface area contributed by atoms with Crippen LogP contribution in [0.25, 0.3) is 0 Å².